The van der Waals surface area contributed by atoms with Crippen LogP contribution in [-0.2, 0) is 0 Å². The first-order chi connectivity index (χ1) is 12.9. The molecule has 0 atom stereocenters. The summed E-state index contributed by atoms with van der Waals surface area (Å²) in [5, 5.41) is 0.611. The van der Waals surface area contributed by atoms with Gasteiger partial charge in [-0.3, -0.25) is 0 Å². The fourth-order valence-electron chi connectivity index (χ4n) is 3.58. The van der Waals surface area contributed by atoms with Crippen LogP contribution in [0, 0.1) is 0 Å². The minimum atomic E-state index is -2.18. The van der Waals surface area contributed by atoms with Crippen LogP contribution in [0.15, 0.2) is 66.7 Å². The van der Waals surface area contributed by atoms with Crippen molar-refractivity contribution in [2.24, 2.45) is 0 Å². The van der Waals surface area contributed by atoms with Crippen molar-refractivity contribution in [3.05, 3.63) is 77.9 Å². The Bertz CT molecular complexity index is 889. The van der Waals surface area contributed by atoms with Gasteiger partial charge in [0.15, 0.2) is 8.38 Å². The fraction of sp³-hybridized carbons (Fsp3) is 0.250. The quantitative estimate of drug-likeness (QED) is 0.520. The Hall–Kier alpha value is -1.99. The highest BCUT2D eigenvalue weighted by Gasteiger charge is 2.21. The molecule has 140 valence electrons. The highest BCUT2D eigenvalue weighted by molar-refractivity contribution is 7.54. The Morgan fingerprint density at radius 3 is 1.78 bits per heavy atom. The van der Waals surface area contributed by atoms with Crippen molar-refractivity contribution >= 4 is 13.7 Å². The molecule has 0 aliphatic carbocycles. The summed E-state index contributed by atoms with van der Waals surface area (Å²) in [6.45, 7) is 8.74. The first-order valence-electron chi connectivity index (χ1n) is 9.40. The molecule has 0 aliphatic rings. The van der Waals surface area contributed by atoms with E-state index in [0.29, 0.717) is 17.1 Å². The third-order valence-corrected chi connectivity index (χ3v) is 5.78. The Kier molecular flexibility index (Phi) is 6.11. The van der Waals surface area contributed by atoms with E-state index < -0.39 is 8.38 Å². The molecular weight excluding hydrogens is 351 g/mol. The van der Waals surface area contributed by atoms with Crippen LogP contribution in [-0.4, -0.2) is 9.79 Å². The van der Waals surface area contributed by atoms with E-state index in [0.717, 1.165) is 22.3 Å². The second kappa shape index (κ2) is 8.35. The van der Waals surface area contributed by atoms with Crippen LogP contribution < -0.4 is 5.30 Å². The average molecular weight is 378 g/mol. The Balaban J connectivity index is 2.33. The van der Waals surface area contributed by atoms with E-state index in [-0.39, 0.29) is 0 Å². The smallest absolute Gasteiger partial charge is 0.200 e. The molecule has 27 heavy (non-hydrogen) atoms. The SMILES string of the molecule is CC(C)c1cccc(C(C)C)c1-c1cc(-c2ccccc2)ccc1P(O)O. The second-order valence-corrected chi connectivity index (χ2v) is 8.57. The first kappa shape index (κ1) is 19.8. The maximum atomic E-state index is 10.1. The lowest BCUT2D eigenvalue weighted by molar-refractivity contribution is 0.497. The van der Waals surface area contributed by atoms with E-state index >= 15 is 0 Å². The predicted molar refractivity (Wildman–Crippen MR) is 116 cm³/mol. The number of benzene rings is 3. The van der Waals surface area contributed by atoms with Crippen LogP contribution in [0.25, 0.3) is 22.3 Å². The lowest BCUT2D eigenvalue weighted by atomic mass is 9.84. The molecular formula is C24H27O2P. The summed E-state index contributed by atoms with van der Waals surface area (Å²) in [5.74, 6) is 0.686. The van der Waals surface area contributed by atoms with Crippen molar-refractivity contribution in [2.75, 3.05) is 0 Å². The van der Waals surface area contributed by atoms with Crippen LogP contribution in [0.1, 0.15) is 50.7 Å². The molecule has 0 aromatic heterocycles. The van der Waals surface area contributed by atoms with E-state index in [2.05, 4.69) is 64.1 Å². The van der Waals surface area contributed by atoms with Crippen molar-refractivity contribution in [3.8, 4) is 22.3 Å². The zero-order valence-electron chi connectivity index (χ0n) is 16.3. The zero-order valence-corrected chi connectivity index (χ0v) is 17.2. The summed E-state index contributed by atoms with van der Waals surface area (Å²) in [6, 6.07) is 22.6. The van der Waals surface area contributed by atoms with Gasteiger partial charge in [-0.2, -0.15) is 0 Å². The summed E-state index contributed by atoms with van der Waals surface area (Å²) in [4.78, 5) is 20.2. The molecule has 0 spiro atoms. The maximum absolute atomic E-state index is 10.1. The number of hydrogen-bond donors (Lipinski definition) is 2. The van der Waals surface area contributed by atoms with Gasteiger partial charge in [-0.1, -0.05) is 82.3 Å². The normalized spacial score (nSPS) is 11.6. The molecule has 2 N–H and O–H groups in total. The van der Waals surface area contributed by atoms with Crippen LogP contribution in [0.3, 0.4) is 0 Å². The molecule has 0 unspecified atom stereocenters. The minimum absolute atomic E-state index is 0.343. The van der Waals surface area contributed by atoms with E-state index in [9.17, 15) is 9.79 Å². The highest BCUT2D eigenvalue weighted by Crippen LogP contribution is 2.40. The molecule has 3 rings (SSSR count). The molecule has 0 saturated carbocycles. The molecule has 0 radical (unpaired) electrons. The molecule has 2 nitrogen and oxygen atoms in total. The average Bonchev–Trinajstić information content (AvgIpc) is 2.67. The second-order valence-electron chi connectivity index (χ2n) is 7.51. The zero-order chi connectivity index (χ0) is 19.6. The van der Waals surface area contributed by atoms with Crippen LogP contribution in [0.2, 0.25) is 0 Å². The highest BCUT2D eigenvalue weighted by atomic mass is 31.2. The minimum Gasteiger partial charge on any atom is -0.347 e. The summed E-state index contributed by atoms with van der Waals surface area (Å²) in [6.07, 6.45) is 0. The van der Waals surface area contributed by atoms with Gasteiger partial charge in [-0.25, -0.2) is 0 Å². The molecule has 3 heteroatoms. The first-order valence-corrected chi connectivity index (χ1v) is 10.7. The summed E-state index contributed by atoms with van der Waals surface area (Å²) >= 11 is 0. The van der Waals surface area contributed by atoms with Gasteiger partial charge in [-0.05, 0) is 57.3 Å². The van der Waals surface area contributed by atoms with Crippen molar-refractivity contribution in [1.82, 2.24) is 0 Å². The summed E-state index contributed by atoms with van der Waals surface area (Å²) < 4.78 is 0. The Morgan fingerprint density at radius 2 is 1.26 bits per heavy atom. The standard InChI is InChI=1S/C24H27O2P/c1-16(2)20-11-8-12-21(17(3)4)24(20)22-15-19(13-14-23(22)27(25)26)18-9-6-5-7-10-18/h5-17,25-26H,1-4H3. The Morgan fingerprint density at radius 1 is 0.667 bits per heavy atom. The molecule has 3 aromatic carbocycles. The van der Waals surface area contributed by atoms with E-state index in [1.165, 1.54) is 11.1 Å². The van der Waals surface area contributed by atoms with E-state index in [4.69, 9.17) is 0 Å². The summed E-state index contributed by atoms with van der Waals surface area (Å²) in [5.41, 5.74) is 6.76. The van der Waals surface area contributed by atoms with Crippen molar-refractivity contribution in [3.63, 3.8) is 0 Å². The van der Waals surface area contributed by atoms with Crippen molar-refractivity contribution < 1.29 is 9.79 Å². The third-order valence-electron chi connectivity index (χ3n) is 4.96. The molecule has 0 saturated heterocycles. The van der Waals surface area contributed by atoms with Gasteiger partial charge >= 0.3 is 0 Å². The van der Waals surface area contributed by atoms with E-state index in [1.54, 1.807) is 0 Å². The topological polar surface area (TPSA) is 40.5 Å². The van der Waals surface area contributed by atoms with Gasteiger partial charge in [0, 0.05) is 5.30 Å². The van der Waals surface area contributed by atoms with Crippen molar-refractivity contribution in [2.45, 2.75) is 39.5 Å². The fourth-order valence-corrected chi connectivity index (χ4v) is 4.18. The van der Waals surface area contributed by atoms with Crippen molar-refractivity contribution in [1.29, 1.82) is 0 Å². The van der Waals surface area contributed by atoms with Gasteiger partial charge in [0.1, 0.15) is 0 Å². The van der Waals surface area contributed by atoms with Gasteiger partial charge in [0.05, 0.1) is 0 Å². The van der Waals surface area contributed by atoms with Gasteiger partial charge < -0.3 is 9.79 Å². The molecule has 0 fully saturated rings. The lowest BCUT2D eigenvalue weighted by Gasteiger charge is -2.23. The monoisotopic (exact) mass is 378 g/mol. The molecule has 0 aliphatic heterocycles. The largest absolute Gasteiger partial charge is 0.347 e. The molecule has 3 aromatic rings. The van der Waals surface area contributed by atoms with E-state index in [1.807, 2.05) is 30.3 Å². The van der Waals surface area contributed by atoms with Gasteiger partial charge in [0.25, 0.3) is 0 Å². The molecule has 0 heterocycles. The molecule has 0 amide bonds. The van der Waals surface area contributed by atoms with Crippen LogP contribution in [0.4, 0.5) is 0 Å². The van der Waals surface area contributed by atoms with Gasteiger partial charge in [-0.15, -0.1) is 0 Å². The Labute approximate surface area is 163 Å². The van der Waals surface area contributed by atoms with Gasteiger partial charge in [0.2, 0.25) is 0 Å². The maximum Gasteiger partial charge on any atom is 0.200 e. The van der Waals surface area contributed by atoms with Crippen LogP contribution in [0.5, 0.6) is 0 Å². The molecule has 0 bridgehead atoms. The predicted octanol–water partition coefficient (Wildman–Crippen LogP) is 6.19. The number of rotatable bonds is 5. The summed E-state index contributed by atoms with van der Waals surface area (Å²) in [7, 11) is -2.18. The third kappa shape index (κ3) is 4.14. The number of hydrogen-bond acceptors (Lipinski definition) is 2. The van der Waals surface area contributed by atoms with Crippen LogP contribution >= 0.6 is 8.38 Å². The lowest BCUT2D eigenvalue weighted by Crippen LogP contribution is -2.09.